The average Bonchev–Trinajstić information content (AvgIpc) is 2.42. The van der Waals surface area contributed by atoms with Crippen molar-refractivity contribution in [3.63, 3.8) is 0 Å². The van der Waals surface area contributed by atoms with Crippen LogP contribution in [0.2, 0.25) is 0 Å². The fourth-order valence-electron chi connectivity index (χ4n) is 1.85. The minimum absolute atomic E-state index is 0.137. The highest BCUT2D eigenvalue weighted by Gasteiger charge is 2.10. The third-order valence-electron chi connectivity index (χ3n) is 2.85. The molecule has 0 spiro atoms. The van der Waals surface area contributed by atoms with E-state index in [1.807, 2.05) is 30.3 Å². The Morgan fingerprint density at radius 2 is 1.55 bits per heavy atom. The van der Waals surface area contributed by atoms with Gasteiger partial charge in [0.05, 0.1) is 5.75 Å². The van der Waals surface area contributed by atoms with Gasteiger partial charge in [-0.3, -0.25) is 0 Å². The lowest BCUT2D eigenvalue weighted by molar-refractivity contribution is 0.580. The number of halogens is 1. The zero-order chi connectivity index (χ0) is 14.4. The maximum absolute atomic E-state index is 12.7. The molecule has 106 valence electrons. The van der Waals surface area contributed by atoms with Gasteiger partial charge in [0.1, 0.15) is 5.82 Å². The number of hydrogen-bond donors (Lipinski definition) is 1. The molecule has 0 heterocycles. The van der Waals surface area contributed by atoms with Crippen LogP contribution in [0.4, 0.5) is 4.39 Å². The van der Waals surface area contributed by atoms with E-state index in [9.17, 15) is 12.8 Å². The predicted octanol–water partition coefficient (Wildman–Crippen LogP) is 2.49. The maximum atomic E-state index is 12.7. The van der Waals surface area contributed by atoms with E-state index in [-0.39, 0.29) is 11.6 Å². The predicted molar refractivity (Wildman–Crippen MR) is 77.2 cm³/mol. The van der Waals surface area contributed by atoms with Gasteiger partial charge in [-0.1, -0.05) is 42.5 Å². The summed E-state index contributed by atoms with van der Waals surface area (Å²) < 4.78 is 39.0. The molecule has 0 saturated carbocycles. The second-order valence-electron chi connectivity index (χ2n) is 4.52. The number of rotatable bonds is 6. The van der Waals surface area contributed by atoms with Crippen LogP contribution in [-0.2, 0) is 22.2 Å². The summed E-state index contributed by atoms with van der Waals surface area (Å²) in [6.45, 7) is 0.355. The summed E-state index contributed by atoms with van der Waals surface area (Å²) in [6.07, 6.45) is 0.642. The van der Waals surface area contributed by atoms with Crippen LogP contribution in [0, 0.1) is 5.82 Å². The first-order valence-corrected chi connectivity index (χ1v) is 7.96. The van der Waals surface area contributed by atoms with Gasteiger partial charge in [0.25, 0.3) is 0 Å². The standard InChI is InChI=1S/C15H16FNO2S/c16-15-8-6-14(7-9-15)12-20(18,19)17-11-10-13-4-2-1-3-5-13/h1-9,17H,10-12H2. The van der Waals surface area contributed by atoms with Crippen molar-refractivity contribution in [2.45, 2.75) is 12.2 Å². The average molecular weight is 293 g/mol. The lowest BCUT2D eigenvalue weighted by atomic mass is 10.2. The monoisotopic (exact) mass is 293 g/mol. The minimum Gasteiger partial charge on any atom is -0.215 e. The van der Waals surface area contributed by atoms with E-state index < -0.39 is 10.0 Å². The van der Waals surface area contributed by atoms with Crippen molar-refractivity contribution >= 4 is 10.0 Å². The molecule has 0 fully saturated rings. The SMILES string of the molecule is O=S(=O)(Cc1ccc(F)cc1)NCCc1ccccc1. The Balaban J connectivity index is 1.86. The molecule has 3 nitrogen and oxygen atoms in total. The molecule has 1 N–H and O–H groups in total. The molecule has 2 rings (SSSR count). The Morgan fingerprint density at radius 1 is 0.900 bits per heavy atom. The van der Waals surface area contributed by atoms with E-state index in [0.717, 1.165) is 5.56 Å². The van der Waals surface area contributed by atoms with Crippen LogP contribution in [0.3, 0.4) is 0 Å². The van der Waals surface area contributed by atoms with Crippen molar-refractivity contribution < 1.29 is 12.8 Å². The molecule has 0 unspecified atom stereocenters. The molecule has 0 aliphatic carbocycles. The van der Waals surface area contributed by atoms with Gasteiger partial charge in [0.2, 0.25) is 10.0 Å². The van der Waals surface area contributed by atoms with Crippen molar-refractivity contribution in [2.75, 3.05) is 6.54 Å². The van der Waals surface area contributed by atoms with E-state index in [0.29, 0.717) is 18.5 Å². The van der Waals surface area contributed by atoms with Gasteiger partial charge in [-0.25, -0.2) is 17.5 Å². The zero-order valence-electron chi connectivity index (χ0n) is 10.9. The topological polar surface area (TPSA) is 46.2 Å². The van der Waals surface area contributed by atoms with Gasteiger partial charge in [-0.05, 0) is 29.7 Å². The van der Waals surface area contributed by atoms with E-state index in [1.54, 1.807) is 0 Å². The van der Waals surface area contributed by atoms with Gasteiger partial charge in [0.15, 0.2) is 0 Å². The van der Waals surface area contributed by atoms with E-state index in [1.165, 1.54) is 24.3 Å². The first kappa shape index (κ1) is 14.7. The highest BCUT2D eigenvalue weighted by atomic mass is 32.2. The Morgan fingerprint density at radius 3 is 2.20 bits per heavy atom. The third-order valence-corrected chi connectivity index (χ3v) is 4.21. The molecule has 0 aliphatic heterocycles. The third kappa shape index (κ3) is 4.75. The van der Waals surface area contributed by atoms with Crippen molar-refractivity contribution in [1.82, 2.24) is 4.72 Å². The van der Waals surface area contributed by atoms with Gasteiger partial charge in [-0.2, -0.15) is 0 Å². The van der Waals surface area contributed by atoms with Crippen molar-refractivity contribution in [2.24, 2.45) is 0 Å². The lowest BCUT2D eigenvalue weighted by Gasteiger charge is -2.07. The lowest BCUT2D eigenvalue weighted by Crippen LogP contribution is -2.27. The number of nitrogens with one attached hydrogen (secondary N) is 1. The van der Waals surface area contributed by atoms with Gasteiger partial charge < -0.3 is 0 Å². The molecule has 0 bridgehead atoms. The Kier molecular flexibility index (Phi) is 4.87. The largest absolute Gasteiger partial charge is 0.215 e. The molecule has 2 aromatic rings. The van der Waals surface area contributed by atoms with Crippen molar-refractivity contribution in [3.8, 4) is 0 Å². The number of hydrogen-bond acceptors (Lipinski definition) is 2. The van der Waals surface area contributed by atoms with E-state index in [2.05, 4.69) is 4.72 Å². The molecule has 5 heteroatoms. The molecule has 0 aliphatic rings. The van der Waals surface area contributed by atoms with E-state index in [4.69, 9.17) is 0 Å². The second-order valence-corrected chi connectivity index (χ2v) is 6.32. The summed E-state index contributed by atoms with van der Waals surface area (Å²) in [5.74, 6) is -0.509. The van der Waals surface area contributed by atoms with Gasteiger partial charge in [-0.15, -0.1) is 0 Å². The maximum Gasteiger partial charge on any atom is 0.215 e. The van der Waals surface area contributed by atoms with Crippen LogP contribution < -0.4 is 4.72 Å². The Bertz CT molecular complexity index is 639. The minimum atomic E-state index is -3.39. The van der Waals surface area contributed by atoms with Crippen LogP contribution in [0.1, 0.15) is 11.1 Å². The van der Waals surface area contributed by atoms with E-state index >= 15 is 0 Å². The molecular weight excluding hydrogens is 277 g/mol. The first-order chi connectivity index (χ1) is 9.55. The molecule has 0 atom stereocenters. The van der Waals surface area contributed by atoms with Gasteiger partial charge in [0, 0.05) is 6.54 Å². The van der Waals surface area contributed by atoms with Crippen LogP contribution in [-0.4, -0.2) is 15.0 Å². The summed E-state index contributed by atoms with van der Waals surface area (Å²) in [4.78, 5) is 0. The molecule has 20 heavy (non-hydrogen) atoms. The summed E-state index contributed by atoms with van der Waals surface area (Å²) in [6, 6.07) is 15.1. The summed E-state index contributed by atoms with van der Waals surface area (Å²) in [5.41, 5.74) is 1.65. The molecule has 0 aromatic heterocycles. The number of benzene rings is 2. The summed E-state index contributed by atoms with van der Waals surface area (Å²) >= 11 is 0. The van der Waals surface area contributed by atoms with Crippen LogP contribution >= 0.6 is 0 Å². The molecule has 0 radical (unpaired) electrons. The first-order valence-electron chi connectivity index (χ1n) is 6.31. The van der Waals surface area contributed by atoms with Crippen molar-refractivity contribution in [1.29, 1.82) is 0 Å². The zero-order valence-corrected chi connectivity index (χ0v) is 11.7. The molecular formula is C15H16FNO2S. The van der Waals surface area contributed by atoms with Crippen LogP contribution in [0.5, 0.6) is 0 Å². The van der Waals surface area contributed by atoms with Crippen LogP contribution in [0.15, 0.2) is 54.6 Å². The molecule has 0 amide bonds. The quantitative estimate of drug-likeness (QED) is 0.889. The smallest absolute Gasteiger partial charge is 0.215 e. The molecule has 2 aromatic carbocycles. The fourth-order valence-corrected chi connectivity index (χ4v) is 2.99. The summed E-state index contributed by atoms with van der Waals surface area (Å²) in [7, 11) is -3.39. The van der Waals surface area contributed by atoms with Crippen molar-refractivity contribution in [3.05, 3.63) is 71.5 Å². The second kappa shape index (κ2) is 6.63. The normalized spacial score (nSPS) is 11.4. The molecule has 0 saturated heterocycles. The Hall–Kier alpha value is -1.72. The highest BCUT2D eigenvalue weighted by molar-refractivity contribution is 7.88. The fraction of sp³-hybridized carbons (Fsp3) is 0.200. The Labute approximate surface area is 118 Å². The number of sulfonamides is 1. The summed E-state index contributed by atoms with van der Waals surface area (Å²) in [5, 5.41) is 0. The highest BCUT2D eigenvalue weighted by Crippen LogP contribution is 2.07. The van der Waals surface area contributed by atoms with Crippen LogP contribution in [0.25, 0.3) is 0 Å². The van der Waals surface area contributed by atoms with Gasteiger partial charge >= 0.3 is 0 Å².